The van der Waals surface area contributed by atoms with Gasteiger partial charge in [-0.2, -0.15) is 5.10 Å². The quantitative estimate of drug-likeness (QED) is 0.530. The van der Waals surface area contributed by atoms with E-state index in [1.165, 1.54) is 23.3 Å². The van der Waals surface area contributed by atoms with Crippen LogP contribution in [0.3, 0.4) is 0 Å². The van der Waals surface area contributed by atoms with Crippen molar-refractivity contribution in [2.45, 2.75) is 65.5 Å². The second kappa shape index (κ2) is 6.78. The lowest BCUT2D eigenvalue weighted by Gasteiger charge is -2.15. The van der Waals surface area contributed by atoms with Gasteiger partial charge in [-0.05, 0) is 64.2 Å². The van der Waals surface area contributed by atoms with E-state index in [9.17, 15) is 4.79 Å². The van der Waals surface area contributed by atoms with E-state index in [0.29, 0.717) is 4.77 Å². The number of aromatic nitrogens is 4. The fraction of sp³-hybridized carbons (Fsp3) is 0.526. The number of H-pyrrole nitrogens is 1. The summed E-state index contributed by atoms with van der Waals surface area (Å²) in [7, 11) is 0. The summed E-state index contributed by atoms with van der Waals surface area (Å²) in [6, 6.07) is -0.141. The van der Waals surface area contributed by atoms with E-state index >= 15 is 0 Å². The van der Waals surface area contributed by atoms with Gasteiger partial charge in [-0.3, -0.25) is 14.0 Å². The van der Waals surface area contributed by atoms with Crippen LogP contribution in [0, 0.1) is 11.7 Å². The van der Waals surface area contributed by atoms with Crippen molar-refractivity contribution in [2.24, 2.45) is 0 Å². The van der Waals surface area contributed by atoms with Crippen LogP contribution >= 0.6 is 23.6 Å². The van der Waals surface area contributed by atoms with Crippen LogP contribution in [0.15, 0.2) is 11.0 Å². The molecule has 0 bridgehead atoms. The highest BCUT2D eigenvalue weighted by molar-refractivity contribution is 7.71. The van der Waals surface area contributed by atoms with E-state index in [-0.39, 0.29) is 11.6 Å². The van der Waals surface area contributed by atoms with E-state index in [4.69, 9.17) is 12.2 Å². The molecule has 0 aliphatic heterocycles. The molecule has 0 saturated heterocycles. The van der Waals surface area contributed by atoms with Gasteiger partial charge >= 0.3 is 0 Å². The molecule has 1 N–H and O–H groups in total. The van der Waals surface area contributed by atoms with Crippen molar-refractivity contribution in [1.29, 1.82) is 0 Å². The first kappa shape index (κ1) is 17.7. The normalized spacial score (nSPS) is 15.8. The van der Waals surface area contributed by atoms with Crippen molar-refractivity contribution < 1.29 is 0 Å². The number of rotatable bonds is 3. The number of fused-ring (bicyclic) bond motifs is 3. The van der Waals surface area contributed by atoms with Gasteiger partial charge in [0.2, 0.25) is 0 Å². The van der Waals surface area contributed by atoms with Crippen LogP contribution in [0.5, 0.6) is 0 Å². The van der Waals surface area contributed by atoms with Crippen molar-refractivity contribution in [1.82, 2.24) is 19.3 Å². The highest BCUT2D eigenvalue weighted by atomic mass is 32.1. The number of nitrogens with zero attached hydrogens (tertiary/aromatic N) is 3. The molecular weight excluding hydrogens is 364 g/mol. The standard InChI is InChI=1S/C19H24N4OS2/c1-4-22-10-14(11(2)21-22)12(3)23-18(24)16-13-8-6-5-7-9-15(13)26-17(16)20-19(23)25/h10,12H,4-9H2,1-3H3,(H,20,25). The minimum atomic E-state index is -0.141. The summed E-state index contributed by atoms with van der Waals surface area (Å²) >= 11 is 7.29. The maximum atomic E-state index is 13.5. The molecule has 3 heterocycles. The molecule has 0 spiro atoms. The Hall–Kier alpha value is -1.73. The van der Waals surface area contributed by atoms with Gasteiger partial charge in [0.1, 0.15) is 4.83 Å². The summed E-state index contributed by atoms with van der Waals surface area (Å²) in [6.07, 6.45) is 7.71. The van der Waals surface area contributed by atoms with E-state index in [2.05, 4.69) is 17.0 Å². The minimum Gasteiger partial charge on any atom is -0.323 e. The summed E-state index contributed by atoms with van der Waals surface area (Å²) in [5, 5.41) is 5.38. The summed E-state index contributed by atoms with van der Waals surface area (Å²) < 4.78 is 4.14. The zero-order valence-electron chi connectivity index (χ0n) is 15.5. The number of aryl methyl sites for hydroxylation is 4. The first-order valence-corrected chi connectivity index (χ1v) is 10.6. The minimum absolute atomic E-state index is 0.0410. The number of nitrogens with one attached hydrogen (secondary N) is 1. The molecule has 0 aromatic carbocycles. The second-order valence-electron chi connectivity index (χ2n) is 7.08. The molecule has 1 unspecified atom stereocenters. The van der Waals surface area contributed by atoms with Crippen LogP contribution in [0.2, 0.25) is 0 Å². The molecule has 1 aliphatic rings. The van der Waals surface area contributed by atoms with Gasteiger partial charge in [-0.1, -0.05) is 6.42 Å². The fourth-order valence-corrected chi connectivity index (χ4v) is 5.71. The van der Waals surface area contributed by atoms with Crippen LogP contribution in [0.1, 0.15) is 60.8 Å². The van der Waals surface area contributed by atoms with Gasteiger partial charge in [-0.15, -0.1) is 11.3 Å². The summed E-state index contributed by atoms with van der Waals surface area (Å²) in [4.78, 5) is 19.1. The van der Waals surface area contributed by atoms with Crippen LogP contribution in [-0.2, 0) is 19.4 Å². The molecule has 4 rings (SSSR count). The van der Waals surface area contributed by atoms with Crippen molar-refractivity contribution in [3.8, 4) is 0 Å². The second-order valence-corrected chi connectivity index (χ2v) is 8.57. The van der Waals surface area contributed by atoms with Crippen LogP contribution < -0.4 is 5.56 Å². The first-order chi connectivity index (χ1) is 12.5. The van der Waals surface area contributed by atoms with Gasteiger partial charge in [0, 0.05) is 23.2 Å². The molecule has 0 amide bonds. The van der Waals surface area contributed by atoms with Gasteiger partial charge in [0.25, 0.3) is 5.56 Å². The van der Waals surface area contributed by atoms with Crippen molar-refractivity contribution in [3.63, 3.8) is 0 Å². The maximum Gasteiger partial charge on any atom is 0.263 e. The van der Waals surface area contributed by atoms with Gasteiger partial charge < -0.3 is 4.98 Å². The Morgan fingerprint density at radius 3 is 2.85 bits per heavy atom. The Bertz CT molecular complexity index is 1090. The SMILES string of the molecule is CCn1cc(C(C)n2c(=S)[nH]c3sc4c(c3c2=O)CCCCC4)c(C)n1. The van der Waals surface area contributed by atoms with Crippen LogP contribution in [-0.4, -0.2) is 19.3 Å². The molecule has 1 atom stereocenters. The number of aromatic amines is 1. The molecular formula is C19H24N4OS2. The largest absolute Gasteiger partial charge is 0.323 e. The summed E-state index contributed by atoms with van der Waals surface area (Å²) in [5.41, 5.74) is 3.29. The number of hydrogen-bond acceptors (Lipinski definition) is 4. The Morgan fingerprint density at radius 1 is 1.35 bits per heavy atom. The monoisotopic (exact) mass is 388 g/mol. The van der Waals surface area contributed by atoms with E-state index < -0.39 is 0 Å². The first-order valence-electron chi connectivity index (χ1n) is 9.34. The predicted molar refractivity (Wildman–Crippen MR) is 109 cm³/mol. The molecule has 7 heteroatoms. The third-order valence-corrected chi connectivity index (χ3v) is 6.94. The smallest absolute Gasteiger partial charge is 0.263 e. The summed E-state index contributed by atoms with van der Waals surface area (Å²) in [6.45, 7) is 6.90. The highest BCUT2D eigenvalue weighted by Crippen LogP contribution is 2.33. The average Bonchev–Trinajstić information content (AvgIpc) is 3.06. The fourth-order valence-electron chi connectivity index (χ4n) is 4.02. The Morgan fingerprint density at radius 2 is 2.12 bits per heavy atom. The molecule has 26 heavy (non-hydrogen) atoms. The predicted octanol–water partition coefficient (Wildman–Crippen LogP) is 4.52. The topological polar surface area (TPSA) is 55.6 Å². The third-order valence-electron chi connectivity index (χ3n) is 5.44. The maximum absolute atomic E-state index is 13.5. The molecule has 3 aromatic rings. The molecule has 3 aromatic heterocycles. The van der Waals surface area contributed by atoms with E-state index in [1.807, 2.05) is 24.7 Å². The van der Waals surface area contributed by atoms with Gasteiger partial charge in [-0.25, -0.2) is 0 Å². The Labute approximate surface area is 161 Å². The Balaban J connectivity index is 1.92. The summed E-state index contributed by atoms with van der Waals surface area (Å²) in [5.74, 6) is 0. The highest BCUT2D eigenvalue weighted by Gasteiger charge is 2.22. The number of thiophene rings is 1. The average molecular weight is 389 g/mol. The molecule has 138 valence electrons. The number of hydrogen-bond donors (Lipinski definition) is 1. The molecule has 0 fully saturated rings. The lowest BCUT2D eigenvalue weighted by molar-refractivity contribution is 0.595. The third kappa shape index (κ3) is 2.77. The molecule has 0 radical (unpaired) electrons. The van der Waals surface area contributed by atoms with E-state index in [0.717, 1.165) is 47.3 Å². The lowest BCUT2D eigenvalue weighted by Crippen LogP contribution is -2.26. The molecule has 5 nitrogen and oxygen atoms in total. The Kier molecular flexibility index (Phi) is 4.61. The van der Waals surface area contributed by atoms with Gasteiger partial charge in [0.15, 0.2) is 4.77 Å². The zero-order chi connectivity index (χ0) is 18.4. The van der Waals surface area contributed by atoms with E-state index in [1.54, 1.807) is 15.9 Å². The van der Waals surface area contributed by atoms with Crippen molar-refractivity contribution >= 4 is 33.8 Å². The molecule has 1 aliphatic carbocycles. The van der Waals surface area contributed by atoms with Crippen molar-refractivity contribution in [2.75, 3.05) is 0 Å². The van der Waals surface area contributed by atoms with Crippen molar-refractivity contribution in [3.05, 3.63) is 43.0 Å². The molecule has 0 saturated carbocycles. The van der Waals surface area contributed by atoms with Gasteiger partial charge in [0.05, 0.1) is 17.1 Å². The van der Waals surface area contributed by atoms with Crippen LogP contribution in [0.4, 0.5) is 0 Å². The lowest BCUT2D eigenvalue weighted by atomic mass is 10.1. The van der Waals surface area contributed by atoms with Crippen LogP contribution in [0.25, 0.3) is 10.2 Å². The zero-order valence-corrected chi connectivity index (χ0v) is 17.1.